The predicted molar refractivity (Wildman–Crippen MR) is 58.9 cm³/mol. The van der Waals surface area contributed by atoms with Crippen molar-refractivity contribution in [2.45, 2.75) is 38.5 Å². The summed E-state index contributed by atoms with van der Waals surface area (Å²) in [4.78, 5) is 11.2. The highest BCUT2D eigenvalue weighted by atomic mass is 19.1. The zero-order chi connectivity index (χ0) is 11.5. The number of carbonyl (C=O) groups is 1. The molecule has 2 rings (SSSR count). The summed E-state index contributed by atoms with van der Waals surface area (Å²) >= 11 is 0. The van der Waals surface area contributed by atoms with Gasteiger partial charge in [0.1, 0.15) is 0 Å². The smallest absolute Gasteiger partial charge is 0.311 e. The Hall–Kier alpha value is -1.38. The van der Waals surface area contributed by atoms with Gasteiger partial charge >= 0.3 is 5.97 Å². The van der Waals surface area contributed by atoms with Crippen molar-refractivity contribution in [2.24, 2.45) is 0 Å². The van der Waals surface area contributed by atoms with Gasteiger partial charge in [0.15, 0.2) is 11.6 Å². The van der Waals surface area contributed by atoms with Crippen LogP contribution in [-0.4, -0.2) is 5.97 Å². The second-order valence-electron chi connectivity index (χ2n) is 4.19. The molecule has 16 heavy (non-hydrogen) atoms. The molecule has 0 spiro atoms. The van der Waals surface area contributed by atoms with Gasteiger partial charge in [0.05, 0.1) is 0 Å². The van der Waals surface area contributed by atoms with Gasteiger partial charge in [-0.25, -0.2) is 4.39 Å². The highest BCUT2D eigenvalue weighted by molar-refractivity contribution is 5.72. The number of rotatable bonds is 4. The number of carbonyl (C=O) groups excluding carboxylic acids is 1. The Balaban J connectivity index is 2.06. The summed E-state index contributed by atoms with van der Waals surface area (Å²) in [5.74, 6) is -0.257. The Morgan fingerprint density at radius 1 is 1.50 bits per heavy atom. The average molecular weight is 222 g/mol. The Labute approximate surface area is 94.4 Å². The van der Waals surface area contributed by atoms with E-state index in [-0.39, 0.29) is 11.7 Å². The molecule has 1 fully saturated rings. The van der Waals surface area contributed by atoms with Gasteiger partial charge < -0.3 is 4.74 Å². The summed E-state index contributed by atoms with van der Waals surface area (Å²) in [6, 6.07) is 4.87. The first kappa shape index (κ1) is 11.1. The van der Waals surface area contributed by atoms with Crippen molar-refractivity contribution in [2.75, 3.05) is 0 Å². The molecule has 86 valence electrons. The molecule has 1 saturated carbocycles. The van der Waals surface area contributed by atoms with Gasteiger partial charge in [-0.2, -0.15) is 0 Å². The fourth-order valence-corrected chi connectivity index (χ4v) is 1.65. The minimum Gasteiger partial charge on any atom is -0.423 e. The predicted octanol–water partition coefficient (Wildman–Crippen LogP) is 3.41. The molecule has 3 heteroatoms. The third-order valence-corrected chi connectivity index (χ3v) is 2.68. The lowest BCUT2D eigenvalue weighted by molar-refractivity contribution is -0.134. The molecule has 0 saturated heterocycles. The number of benzene rings is 1. The van der Waals surface area contributed by atoms with E-state index in [4.69, 9.17) is 4.74 Å². The zero-order valence-electron chi connectivity index (χ0n) is 9.33. The Morgan fingerprint density at radius 2 is 2.25 bits per heavy atom. The zero-order valence-corrected chi connectivity index (χ0v) is 9.33. The molecule has 0 N–H and O–H groups in total. The van der Waals surface area contributed by atoms with Crippen LogP contribution >= 0.6 is 0 Å². The maximum absolute atomic E-state index is 13.6. The second-order valence-corrected chi connectivity index (χ2v) is 4.19. The van der Waals surface area contributed by atoms with E-state index >= 15 is 0 Å². The lowest BCUT2D eigenvalue weighted by atomic mass is 10.1. The van der Waals surface area contributed by atoms with Crippen LogP contribution in [0.4, 0.5) is 4.39 Å². The molecule has 1 aliphatic carbocycles. The average Bonchev–Trinajstić information content (AvgIpc) is 3.05. The molecule has 0 heterocycles. The SMILES string of the molecule is CCCC(=O)Oc1ccc(C2CC2)cc1F. The second kappa shape index (κ2) is 4.64. The van der Waals surface area contributed by atoms with E-state index in [9.17, 15) is 9.18 Å². The Kier molecular flexibility index (Phi) is 3.22. The summed E-state index contributed by atoms with van der Waals surface area (Å²) in [6.45, 7) is 1.88. The molecular formula is C13H15FO2. The molecule has 0 aromatic heterocycles. The maximum atomic E-state index is 13.6. The van der Waals surface area contributed by atoms with Crippen molar-refractivity contribution >= 4 is 5.97 Å². The largest absolute Gasteiger partial charge is 0.423 e. The van der Waals surface area contributed by atoms with E-state index in [0.717, 1.165) is 18.4 Å². The number of halogens is 1. The normalized spacial score (nSPS) is 14.9. The van der Waals surface area contributed by atoms with Gasteiger partial charge in [-0.1, -0.05) is 13.0 Å². The van der Waals surface area contributed by atoms with E-state index in [1.165, 1.54) is 6.07 Å². The minimum absolute atomic E-state index is 0.0443. The van der Waals surface area contributed by atoms with Crippen LogP contribution in [0.3, 0.4) is 0 Å². The third kappa shape index (κ3) is 2.60. The molecule has 0 unspecified atom stereocenters. The molecule has 0 radical (unpaired) electrons. The first-order valence-electron chi connectivity index (χ1n) is 5.71. The van der Waals surface area contributed by atoms with Crippen molar-refractivity contribution in [3.63, 3.8) is 0 Å². The van der Waals surface area contributed by atoms with Gasteiger partial charge in [0, 0.05) is 6.42 Å². The van der Waals surface area contributed by atoms with E-state index in [0.29, 0.717) is 18.8 Å². The summed E-state index contributed by atoms with van der Waals surface area (Å²) in [5, 5.41) is 0. The van der Waals surface area contributed by atoms with E-state index in [1.54, 1.807) is 6.07 Å². The molecule has 0 amide bonds. The van der Waals surface area contributed by atoms with Crippen molar-refractivity contribution in [1.29, 1.82) is 0 Å². The molecule has 0 atom stereocenters. The first-order chi connectivity index (χ1) is 7.70. The lowest BCUT2D eigenvalue weighted by Crippen LogP contribution is -2.08. The van der Waals surface area contributed by atoms with Gasteiger partial charge in [-0.05, 0) is 42.9 Å². The summed E-state index contributed by atoms with van der Waals surface area (Å²) in [7, 11) is 0. The minimum atomic E-state index is -0.436. The van der Waals surface area contributed by atoms with Gasteiger partial charge in [0.2, 0.25) is 0 Å². The van der Waals surface area contributed by atoms with Crippen LogP contribution in [0.25, 0.3) is 0 Å². The van der Waals surface area contributed by atoms with Crippen LogP contribution in [-0.2, 0) is 4.79 Å². The number of hydrogen-bond donors (Lipinski definition) is 0. The van der Waals surface area contributed by atoms with Crippen LogP contribution in [0, 0.1) is 5.82 Å². The Bertz CT molecular complexity index is 397. The molecule has 2 nitrogen and oxygen atoms in total. The van der Waals surface area contributed by atoms with Crippen LogP contribution in [0.2, 0.25) is 0 Å². The molecule has 1 aliphatic rings. The van der Waals surface area contributed by atoms with Crippen LogP contribution in [0.5, 0.6) is 5.75 Å². The monoisotopic (exact) mass is 222 g/mol. The number of esters is 1. The van der Waals surface area contributed by atoms with E-state index in [1.807, 2.05) is 13.0 Å². The summed E-state index contributed by atoms with van der Waals surface area (Å²) in [6.07, 6.45) is 3.30. The third-order valence-electron chi connectivity index (χ3n) is 2.68. The highest BCUT2D eigenvalue weighted by Gasteiger charge is 2.24. The van der Waals surface area contributed by atoms with E-state index < -0.39 is 5.82 Å². The fourth-order valence-electron chi connectivity index (χ4n) is 1.65. The van der Waals surface area contributed by atoms with Crippen molar-refractivity contribution in [1.82, 2.24) is 0 Å². The fraction of sp³-hybridized carbons (Fsp3) is 0.462. The van der Waals surface area contributed by atoms with Crippen molar-refractivity contribution in [3.05, 3.63) is 29.6 Å². The quantitative estimate of drug-likeness (QED) is 0.576. The molecule has 0 bridgehead atoms. The molecule has 1 aromatic carbocycles. The lowest BCUT2D eigenvalue weighted by Gasteiger charge is -2.06. The van der Waals surface area contributed by atoms with Crippen molar-refractivity contribution < 1.29 is 13.9 Å². The number of ether oxygens (including phenoxy) is 1. The standard InChI is InChI=1S/C13H15FO2/c1-2-3-13(15)16-12-7-6-10(8-11(12)14)9-4-5-9/h6-9H,2-5H2,1H3. The van der Waals surface area contributed by atoms with Gasteiger partial charge in [-0.15, -0.1) is 0 Å². The van der Waals surface area contributed by atoms with E-state index in [2.05, 4.69) is 0 Å². The Morgan fingerprint density at radius 3 is 2.81 bits per heavy atom. The topological polar surface area (TPSA) is 26.3 Å². The van der Waals surface area contributed by atoms with Gasteiger partial charge in [-0.3, -0.25) is 4.79 Å². The first-order valence-corrected chi connectivity index (χ1v) is 5.71. The van der Waals surface area contributed by atoms with Crippen LogP contribution in [0.15, 0.2) is 18.2 Å². The number of hydrogen-bond acceptors (Lipinski definition) is 2. The summed E-state index contributed by atoms with van der Waals surface area (Å²) in [5.41, 5.74) is 1.01. The highest BCUT2D eigenvalue weighted by Crippen LogP contribution is 2.41. The van der Waals surface area contributed by atoms with Crippen molar-refractivity contribution in [3.8, 4) is 5.75 Å². The maximum Gasteiger partial charge on any atom is 0.311 e. The molecule has 0 aliphatic heterocycles. The van der Waals surface area contributed by atoms with Gasteiger partial charge in [0.25, 0.3) is 0 Å². The molecule has 1 aromatic rings. The molecular weight excluding hydrogens is 207 g/mol. The summed E-state index contributed by atoms with van der Waals surface area (Å²) < 4.78 is 18.5. The van der Waals surface area contributed by atoms with Crippen LogP contribution < -0.4 is 4.74 Å². The van der Waals surface area contributed by atoms with Crippen LogP contribution in [0.1, 0.15) is 44.1 Å².